The lowest BCUT2D eigenvalue weighted by atomic mass is 9.96. The lowest BCUT2D eigenvalue weighted by molar-refractivity contribution is 0.139. The third kappa shape index (κ3) is 4.97. The summed E-state index contributed by atoms with van der Waals surface area (Å²) in [5.41, 5.74) is 2.76. The molecule has 0 radical (unpaired) electrons. The molecule has 0 aromatic heterocycles. The predicted molar refractivity (Wildman–Crippen MR) is 92.9 cm³/mol. The minimum Gasteiger partial charge on any atom is -0.384 e. The standard InChI is InChI=1S/C17H27BrN2O/c1-13(2)19-11-15-4-5-16(18)10-17(15)20-8-6-14(7-9-20)12-21-3/h4-5,10,13-14,19H,6-9,11-12H2,1-3H3. The van der Waals surface area contributed by atoms with E-state index in [4.69, 9.17) is 4.74 Å². The first-order chi connectivity index (χ1) is 10.1. The maximum absolute atomic E-state index is 5.29. The Morgan fingerprint density at radius 1 is 1.33 bits per heavy atom. The van der Waals surface area contributed by atoms with E-state index >= 15 is 0 Å². The maximum Gasteiger partial charge on any atom is 0.0491 e. The monoisotopic (exact) mass is 354 g/mol. The number of methoxy groups -OCH3 is 1. The second-order valence-electron chi connectivity index (χ2n) is 6.19. The molecule has 1 aliphatic rings. The zero-order chi connectivity index (χ0) is 15.2. The van der Waals surface area contributed by atoms with E-state index in [9.17, 15) is 0 Å². The molecule has 21 heavy (non-hydrogen) atoms. The molecule has 1 aromatic rings. The van der Waals surface area contributed by atoms with E-state index in [0.717, 1.165) is 36.6 Å². The van der Waals surface area contributed by atoms with Crippen molar-refractivity contribution >= 4 is 21.6 Å². The van der Waals surface area contributed by atoms with Crippen molar-refractivity contribution in [2.75, 3.05) is 31.7 Å². The highest BCUT2D eigenvalue weighted by atomic mass is 79.9. The van der Waals surface area contributed by atoms with Gasteiger partial charge in [0.15, 0.2) is 0 Å². The van der Waals surface area contributed by atoms with Crippen LogP contribution in [0.3, 0.4) is 0 Å². The van der Waals surface area contributed by atoms with Crippen LogP contribution in [0.25, 0.3) is 0 Å². The van der Waals surface area contributed by atoms with Gasteiger partial charge in [0.25, 0.3) is 0 Å². The van der Waals surface area contributed by atoms with Crippen LogP contribution in [-0.4, -0.2) is 32.8 Å². The molecule has 2 rings (SSSR count). The minimum absolute atomic E-state index is 0.508. The highest BCUT2D eigenvalue weighted by Gasteiger charge is 2.21. The molecule has 0 saturated carbocycles. The van der Waals surface area contributed by atoms with Crippen LogP contribution in [0.1, 0.15) is 32.3 Å². The van der Waals surface area contributed by atoms with Crippen molar-refractivity contribution in [2.24, 2.45) is 5.92 Å². The third-order valence-corrected chi connectivity index (χ3v) is 4.60. The Labute approximate surface area is 137 Å². The molecule has 0 spiro atoms. The van der Waals surface area contributed by atoms with Gasteiger partial charge in [-0.25, -0.2) is 0 Å². The van der Waals surface area contributed by atoms with Crippen LogP contribution in [0, 0.1) is 5.92 Å². The van der Waals surface area contributed by atoms with Crippen LogP contribution in [0.4, 0.5) is 5.69 Å². The van der Waals surface area contributed by atoms with E-state index in [-0.39, 0.29) is 0 Å². The van der Waals surface area contributed by atoms with Crippen LogP contribution in [0.5, 0.6) is 0 Å². The van der Waals surface area contributed by atoms with Crippen molar-refractivity contribution in [2.45, 2.75) is 39.3 Å². The number of anilines is 1. The Bertz CT molecular complexity index is 442. The summed E-state index contributed by atoms with van der Waals surface area (Å²) < 4.78 is 6.45. The Hall–Kier alpha value is -0.580. The van der Waals surface area contributed by atoms with E-state index in [1.807, 2.05) is 0 Å². The van der Waals surface area contributed by atoms with E-state index in [2.05, 4.69) is 58.2 Å². The van der Waals surface area contributed by atoms with E-state index in [0.29, 0.717) is 6.04 Å². The van der Waals surface area contributed by atoms with Gasteiger partial charge in [-0.15, -0.1) is 0 Å². The Morgan fingerprint density at radius 2 is 2.05 bits per heavy atom. The zero-order valence-electron chi connectivity index (χ0n) is 13.4. The van der Waals surface area contributed by atoms with Gasteiger partial charge in [0.1, 0.15) is 0 Å². The molecule has 1 fully saturated rings. The highest BCUT2D eigenvalue weighted by Crippen LogP contribution is 2.29. The molecular formula is C17H27BrN2O. The number of hydrogen-bond donors (Lipinski definition) is 1. The number of piperidine rings is 1. The van der Waals surface area contributed by atoms with Crippen molar-refractivity contribution in [3.63, 3.8) is 0 Å². The molecule has 118 valence electrons. The minimum atomic E-state index is 0.508. The average Bonchev–Trinajstić information content (AvgIpc) is 2.47. The normalized spacial score (nSPS) is 16.7. The van der Waals surface area contributed by atoms with Gasteiger partial charge in [0.05, 0.1) is 0 Å². The number of hydrogen-bond acceptors (Lipinski definition) is 3. The summed E-state index contributed by atoms with van der Waals surface area (Å²) in [6.07, 6.45) is 2.44. The fraction of sp³-hybridized carbons (Fsp3) is 0.647. The Balaban J connectivity index is 2.06. The molecule has 0 amide bonds. The molecule has 1 aliphatic heterocycles. The van der Waals surface area contributed by atoms with Crippen LogP contribution in [-0.2, 0) is 11.3 Å². The summed E-state index contributed by atoms with van der Waals surface area (Å²) in [6.45, 7) is 8.45. The summed E-state index contributed by atoms with van der Waals surface area (Å²) in [5, 5.41) is 3.53. The predicted octanol–water partition coefficient (Wildman–Crippen LogP) is 3.81. The molecule has 0 aliphatic carbocycles. The van der Waals surface area contributed by atoms with E-state index in [1.165, 1.54) is 24.1 Å². The van der Waals surface area contributed by atoms with Crippen molar-refractivity contribution in [3.05, 3.63) is 28.2 Å². The maximum atomic E-state index is 5.29. The SMILES string of the molecule is COCC1CCN(c2cc(Br)ccc2CNC(C)C)CC1. The first-order valence-corrected chi connectivity index (χ1v) is 8.65. The quantitative estimate of drug-likeness (QED) is 0.840. The Morgan fingerprint density at radius 3 is 2.67 bits per heavy atom. The second-order valence-corrected chi connectivity index (χ2v) is 7.11. The van der Waals surface area contributed by atoms with Gasteiger partial charge in [-0.05, 0) is 36.5 Å². The summed E-state index contributed by atoms with van der Waals surface area (Å²) in [6, 6.07) is 7.14. The zero-order valence-corrected chi connectivity index (χ0v) is 14.9. The van der Waals surface area contributed by atoms with Crippen LogP contribution in [0.2, 0.25) is 0 Å². The molecule has 1 N–H and O–H groups in total. The third-order valence-electron chi connectivity index (χ3n) is 4.11. The smallest absolute Gasteiger partial charge is 0.0491 e. The van der Waals surface area contributed by atoms with Gasteiger partial charge >= 0.3 is 0 Å². The fourth-order valence-electron chi connectivity index (χ4n) is 2.87. The van der Waals surface area contributed by atoms with Gasteiger partial charge in [-0.1, -0.05) is 35.8 Å². The summed E-state index contributed by atoms with van der Waals surface area (Å²) in [4.78, 5) is 2.52. The molecule has 1 saturated heterocycles. The van der Waals surface area contributed by atoms with Gasteiger partial charge in [-0.3, -0.25) is 0 Å². The molecule has 0 atom stereocenters. The van der Waals surface area contributed by atoms with Gasteiger partial charge in [-0.2, -0.15) is 0 Å². The van der Waals surface area contributed by atoms with Crippen molar-refractivity contribution < 1.29 is 4.74 Å². The molecule has 1 aromatic carbocycles. The highest BCUT2D eigenvalue weighted by molar-refractivity contribution is 9.10. The topological polar surface area (TPSA) is 24.5 Å². The number of ether oxygens (including phenoxy) is 1. The van der Waals surface area contributed by atoms with Crippen LogP contribution >= 0.6 is 15.9 Å². The summed E-state index contributed by atoms with van der Waals surface area (Å²) >= 11 is 3.61. The molecule has 0 bridgehead atoms. The largest absolute Gasteiger partial charge is 0.384 e. The average molecular weight is 355 g/mol. The van der Waals surface area contributed by atoms with Crippen molar-refractivity contribution in [1.29, 1.82) is 0 Å². The van der Waals surface area contributed by atoms with Crippen LogP contribution in [0.15, 0.2) is 22.7 Å². The molecular weight excluding hydrogens is 328 g/mol. The fourth-order valence-corrected chi connectivity index (χ4v) is 3.22. The number of nitrogens with zero attached hydrogens (tertiary/aromatic N) is 1. The van der Waals surface area contributed by atoms with E-state index in [1.54, 1.807) is 7.11 Å². The molecule has 4 heteroatoms. The second kappa shape index (κ2) is 8.16. The molecule has 3 nitrogen and oxygen atoms in total. The number of halogens is 1. The molecule has 0 unspecified atom stereocenters. The van der Waals surface area contributed by atoms with Crippen LogP contribution < -0.4 is 10.2 Å². The lowest BCUT2D eigenvalue weighted by Crippen LogP contribution is -2.36. The van der Waals surface area contributed by atoms with Crippen molar-refractivity contribution in [1.82, 2.24) is 5.32 Å². The van der Waals surface area contributed by atoms with Gasteiger partial charge < -0.3 is 15.0 Å². The van der Waals surface area contributed by atoms with Gasteiger partial charge in [0.2, 0.25) is 0 Å². The first-order valence-electron chi connectivity index (χ1n) is 7.86. The summed E-state index contributed by atoms with van der Waals surface area (Å²) in [7, 11) is 1.80. The van der Waals surface area contributed by atoms with Gasteiger partial charge in [0, 0.05) is 49.6 Å². The van der Waals surface area contributed by atoms with E-state index < -0.39 is 0 Å². The number of rotatable bonds is 6. The lowest BCUT2D eigenvalue weighted by Gasteiger charge is -2.34. The number of benzene rings is 1. The first kappa shape index (κ1) is 16.8. The summed E-state index contributed by atoms with van der Waals surface area (Å²) in [5.74, 6) is 0.718. The Kier molecular flexibility index (Phi) is 6.52. The number of nitrogens with one attached hydrogen (secondary N) is 1. The van der Waals surface area contributed by atoms with Crippen molar-refractivity contribution in [3.8, 4) is 0 Å². The molecule has 1 heterocycles.